The summed E-state index contributed by atoms with van der Waals surface area (Å²) in [5, 5.41) is 15.7. The highest BCUT2D eigenvalue weighted by molar-refractivity contribution is 6.04. The van der Waals surface area contributed by atoms with E-state index in [-0.39, 0.29) is 31.0 Å². The van der Waals surface area contributed by atoms with Gasteiger partial charge in [0.1, 0.15) is 35.4 Å². The molecule has 0 saturated heterocycles. The van der Waals surface area contributed by atoms with Crippen LogP contribution in [0.1, 0.15) is 59.9 Å². The van der Waals surface area contributed by atoms with Crippen LogP contribution < -0.4 is 20.3 Å². The van der Waals surface area contributed by atoms with Crippen molar-refractivity contribution < 1.29 is 33.3 Å². The number of hydrogen-bond donors (Lipinski definition) is 2. The van der Waals surface area contributed by atoms with Crippen LogP contribution in [0.4, 0.5) is 31.6 Å². The molecule has 0 atom stereocenters. The van der Waals surface area contributed by atoms with E-state index in [1.165, 1.54) is 11.1 Å². The fourth-order valence-corrected chi connectivity index (χ4v) is 5.18. The molecule has 5 rings (SSSR count). The molecular formula is C33H38N6O7. The Labute approximate surface area is 267 Å². The normalized spacial score (nSPS) is 17.5. The van der Waals surface area contributed by atoms with Gasteiger partial charge in [0.15, 0.2) is 0 Å². The molecule has 242 valence electrons. The first-order valence-corrected chi connectivity index (χ1v) is 15.0. The van der Waals surface area contributed by atoms with E-state index in [0.29, 0.717) is 57.6 Å². The molecule has 0 radical (unpaired) electrons. The summed E-state index contributed by atoms with van der Waals surface area (Å²) in [6, 6.07) is 7.47. The third kappa shape index (κ3) is 7.39. The Morgan fingerprint density at radius 3 is 2.37 bits per heavy atom. The molecule has 1 aliphatic carbocycles. The van der Waals surface area contributed by atoms with Crippen LogP contribution >= 0.6 is 0 Å². The van der Waals surface area contributed by atoms with Gasteiger partial charge in [0.05, 0.1) is 24.2 Å². The smallest absolute Gasteiger partial charge is 0.415 e. The second-order valence-corrected chi connectivity index (χ2v) is 13.3. The quantitative estimate of drug-likeness (QED) is 0.289. The number of ether oxygens (including phenoxy) is 4. The Morgan fingerprint density at radius 1 is 0.978 bits per heavy atom. The third-order valence-corrected chi connectivity index (χ3v) is 7.27. The summed E-state index contributed by atoms with van der Waals surface area (Å²) in [4.78, 5) is 49.0. The molecule has 1 saturated carbocycles. The maximum atomic E-state index is 13.2. The molecule has 1 aromatic carbocycles. The number of pyridine rings is 2. The van der Waals surface area contributed by atoms with Gasteiger partial charge in [-0.05, 0) is 83.2 Å². The maximum Gasteiger partial charge on any atom is 0.415 e. The summed E-state index contributed by atoms with van der Waals surface area (Å²) >= 11 is 0. The fourth-order valence-electron chi connectivity index (χ4n) is 5.18. The first-order valence-electron chi connectivity index (χ1n) is 15.0. The second-order valence-electron chi connectivity index (χ2n) is 13.3. The summed E-state index contributed by atoms with van der Waals surface area (Å²) in [5.74, 6) is 0.446. The van der Waals surface area contributed by atoms with Crippen LogP contribution in [-0.2, 0) is 14.2 Å². The van der Waals surface area contributed by atoms with Crippen LogP contribution in [0.25, 0.3) is 21.9 Å². The molecule has 3 amide bonds. The number of nitrogens with one attached hydrogen (secondary N) is 2. The molecule has 2 aliphatic rings. The zero-order chi connectivity index (χ0) is 33.4. The molecule has 0 spiro atoms. The van der Waals surface area contributed by atoms with Gasteiger partial charge in [-0.2, -0.15) is 5.26 Å². The third-order valence-electron chi connectivity index (χ3n) is 7.27. The molecular weight excluding hydrogens is 592 g/mol. The number of anilines is 3. The van der Waals surface area contributed by atoms with E-state index in [2.05, 4.69) is 26.7 Å². The van der Waals surface area contributed by atoms with Crippen molar-refractivity contribution in [1.82, 2.24) is 9.97 Å². The summed E-state index contributed by atoms with van der Waals surface area (Å²) in [7, 11) is 0. The molecule has 13 heteroatoms. The van der Waals surface area contributed by atoms with Gasteiger partial charge in [-0.25, -0.2) is 24.4 Å². The van der Waals surface area contributed by atoms with Gasteiger partial charge < -0.3 is 18.9 Å². The van der Waals surface area contributed by atoms with Gasteiger partial charge >= 0.3 is 18.3 Å². The average molecular weight is 631 g/mol. The average Bonchev–Trinajstić information content (AvgIpc) is 2.92. The highest BCUT2D eigenvalue weighted by Gasteiger charge is 2.33. The number of nitriles is 1. The van der Waals surface area contributed by atoms with Gasteiger partial charge in [0, 0.05) is 36.2 Å². The lowest BCUT2D eigenvalue weighted by Crippen LogP contribution is -2.42. The number of carbonyl (C=O) groups is 3. The molecule has 0 bridgehead atoms. The van der Waals surface area contributed by atoms with Crippen LogP contribution in [0.15, 0.2) is 30.6 Å². The Balaban J connectivity index is 1.53. The van der Waals surface area contributed by atoms with Crippen molar-refractivity contribution >= 4 is 46.2 Å². The van der Waals surface area contributed by atoms with Crippen LogP contribution in [0.5, 0.6) is 5.88 Å². The first kappa shape index (κ1) is 32.3. The number of amides is 3. The number of carbonyl (C=O) groups excluding carboxylic acids is 3. The van der Waals surface area contributed by atoms with E-state index >= 15 is 0 Å². The number of hydrogen-bond acceptors (Lipinski definition) is 10. The molecule has 1 aliphatic heterocycles. The summed E-state index contributed by atoms with van der Waals surface area (Å²) in [5.41, 5.74) is 1.54. The van der Waals surface area contributed by atoms with Gasteiger partial charge in [0.25, 0.3) is 0 Å². The Bertz CT molecular complexity index is 1730. The molecule has 46 heavy (non-hydrogen) atoms. The van der Waals surface area contributed by atoms with Crippen molar-refractivity contribution in [3.05, 3.63) is 36.2 Å². The molecule has 2 N–H and O–H groups in total. The fraction of sp³-hybridized carbons (Fsp3) is 0.455. The van der Waals surface area contributed by atoms with E-state index < -0.39 is 29.5 Å². The summed E-state index contributed by atoms with van der Waals surface area (Å²) < 4.78 is 22.4. The van der Waals surface area contributed by atoms with Crippen molar-refractivity contribution in [1.29, 1.82) is 5.26 Å². The van der Waals surface area contributed by atoms with E-state index in [1.807, 2.05) is 13.0 Å². The molecule has 3 aromatic rings. The van der Waals surface area contributed by atoms with Crippen LogP contribution in [0, 0.1) is 24.2 Å². The molecule has 2 aromatic heterocycles. The van der Waals surface area contributed by atoms with E-state index in [1.54, 1.807) is 59.9 Å². The minimum absolute atomic E-state index is 0.102. The minimum atomic E-state index is -0.731. The zero-order valence-electron chi connectivity index (χ0n) is 27.0. The van der Waals surface area contributed by atoms with Crippen LogP contribution in [0.3, 0.4) is 0 Å². The molecule has 3 heterocycles. The highest BCUT2D eigenvalue weighted by atomic mass is 16.6. The number of nitrogens with zero attached hydrogens (tertiary/aromatic N) is 4. The van der Waals surface area contributed by atoms with Crippen LogP contribution in [0.2, 0.25) is 0 Å². The zero-order valence-corrected chi connectivity index (χ0v) is 27.0. The van der Waals surface area contributed by atoms with Crippen LogP contribution in [-0.4, -0.2) is 58.7 Å². The lowest BCUT2D eigenvalue weighted by Gasteiger charge is -2.32. The maximum absolute atomic E-state index is 13.2. The predicted octanol–water partition coefficient (Wildman–Crippen LogP) is 6.94. The first-order chi connectivity index (χ1) is 21.6. The number of rotatable bonds is 4. The van der Waals surface area contributed by atoms with Gasteiger partial charge in [-0.15, -0.1) is 0 Å². The number of fused-ring (bicyclic) bond motifs is 2. The van der Waals surface area contributed by atoms with Gasteiger partial charge in [-0.1, -0.05) is 0 Å². The van der Waals surface area contributed by atoms with Gasteiger partial charge in [0.2, 0.25) is 5.88 Å². The van der Waals surface area contributed by atoms with E-state index in [0.717, 1.165) is 0 Å². The monoisotopic (exact) mass is 630 g/mol. The second kappa shape index (κ2) is 12.3. The largest absolute Gasteiger partial charge is 0.474 e. The Hall–Kier alpha value is -5.12. The summed E-state index contributed by atoms with van der Waals surface area (Å²) in [6.07, 6.45) is 2.04. The highest BCUT2D eigenvalue weighted by Crippen LogP contribution is 2.41. The summed E-state index contributed by atoms with van der Waals surface area (Å²) in [6.45, 7) is 13.1. The van der Waals surface area contributed by atoms with Crippen molar-refractivity contribution in [2.75, 3.05) is 28.7 Å². The Kier molecular flexibility index (Phi) is 8.66. The standard InChI is InChI=1S/C33H38N6O7/c1-18-23(16-36-28-27(18)39(8-9-43-28)31(42)46-33(5,6)7)20-12-21-14-26(38-29(40)44-22-10-19(11-22)15-34)35-17-24(21)25(13-20)37-30(41)45-32(2,3)4/h12-14,16-17,19,22H,8-11H2,1-7H3,(H,37,41)(H,35,38,40)/t19-,22+. The molecule has 0 unspecified atom stereocenters. The number of aromatic nitrogens is 2. The molecule has 1 fully saturated rings. The minimum Gasteiger partial charge on any atom is -0.474 e. The van der Waals surface area contributed by atoms with Crippen molar-refractivity contribution in [3.8, 4) is 23.1 Å². The van der Waals surface area contributed by atoms with E-state index in [9.17, 15) is 14.4 Å². The van der Waals surface area contributed by atoms with Crippen molar-refractivity contribution in [2.24, 2.45) is 5.92 Å². The predicted molar refractivity (Wildman–Crippen MR) is 171 cm³/mol. The lowest BCUT2D eigenvalue weighted by molar-refractivity contribution is 0.0417. The van der Waals surface area contributed by atoms with Gasteiger partial charge in [-0.3, -0.25) is 15.5 Å². The topological polar surface area (TPSA) is 165 Å². The van der Waals surface area contributed by atoms with Crippen molar-refractivity contribution in [2.45, 2.75) is 78.6 Å². The molecule has 13 nitrogen and oxygen atoms in total. The Morgan fingerprint density at radius 2 is 1.70 bits per heavy atom. The lowest BCUT2D eigenvalue weighted by atomic mass is 9.84. The SMILES string of the molecule is Cc1c(-c2cc(NC(=O)OC(C)(C)C)c3cnc(NC(=O)O[C@H]4C[C@@H](C#N)C4)cc3c2)cnc2c1N(C(=O)OC(C)(C)C)CCO2. The number of benzene rings is 1. The van der Waals surface area contributed by atoms with E-state index in [4.69, 9.17) is 24.2 Å². The van der Waals surface area contributed by atoms with Crippen molar-refractivity contribution in [3.63, 3.8) is 0 Å².